The third-order valence-corrected chi connectivity index (χ3v) is 7.00. The van der Waals surface area contributed by atoms with Crippen LogP contribution in [0.15, 0.2) is 91.0 Å². The minimum Gasteiger partial charge on any atom is -0.834 e. The predicted octanol–water partition coefficient (Wildman–Crippen LogP) is 3.66. The monoisotopic (exact) mass is 459 g/mol. The third-order valence-electron chi connectivity index (χ3n) is 7.00. The van der Waals surface area contributed by atoms with Crippen molar-refractivity contribution in [1.29, 1.82) is 0 Å². The molecule has 0 saturated carbocycles. The average molecular weight is 460 g/mol. The van der Waals surface area contributed by atoms with Crippen molar-refractivity contribution in [3.63, 3.8) is 0 Å². The molecule has 5 heteroatoms. The molecule has 0 N–H and O–H groups in total. The molecule has 5 nitrogen and oxygen atoms in total. The molecule has 0 amide bonds. The molecule has 1 saturated heterocycles. The molecule has 178 valence electrons. The normalized spacial score (nSPS) is 20.2. The van der Waals surface area contributed by atoms with Crippen molar-refractivity contribution in [2.45, 2.75) is 31.1 Å². The molecule has 1 heterocycles. The van der Waals surface area contributed by atoms with Gasteiger partial charge in [-0.05, 0) is 16.7 Å². The van der Waals surface area contributed by atoms with Crippen LogP contribution < -0.4 is 5.11 Å². The lowest BCUT2D eigenvalue weighted by molar-refractivity contribution is -0.921. The molecule has 1 unspecified atom stereocenters. The second-order valence-corrected chi connectivity index (χ2v) is 9.27. The Labute approximate surface area is 202 Å². The van der Waals surface area contributed by atoms with Crippen LogP contribution in [0.5, 0.6) is 0 Å². The number of likely N-dealkylation sites (tertiary alicyclic amines) is 1. The molecule has 1 aliphatic rings. The number of likely N-dealkylation sites (N-methyl/N-ethyl adjacent to an activating group) is 1. The van der Waals surface area contributed by atoms with E-state index in [1.807, 2.05) is 30.3 Å². The van der Waals surface area contributed by atoms with Crippen LogP contribution in [0.2, 0.25) is 0 Å². The quantitative estimate of drug-likeness (QED) is 0.264. The Balaban J connectivity index is 1.39. The van der Waals surface area contributed by atoms with Crippen LogP contribution in [0.1, 0.15) is 29.5 Å². The van der Waals surface area contributed by atoms with Crippen LogP contribution in [0.4, 0.5) is 0 Å². The second kappa shape index (κ2) is 11.0. The van der Waals surface area contributed by atoms with E-state index in [-0.39, 0.29) is 12.6 Å². The van der Waals surface area contributed by atoms with Gasteiger partial charge in [0.25, 0.3) is 0 Å². The minimum atomic E-state index is -2.09. The standard InChI is InChI=1S/C29H33NO4/c1-30(20-21-33-22-24-12-5-2-6-13-24)19-11-18-27(30)23-34-28(31)29(32,25-14-7-3-8-15-25)26-16-9-4-10-17-26/h2-10,12-17,27H,11,18-23H2,1H3/t27-,30?/m0/s1. The third kappa shape index (κ3) is 5.39. The Morgan fingerprint density at radius 2 is 1.50 bits per heavy atom. The fourth-order valence-corrected chi connectivity index (χ4v) is 4.80. The molecule has 1 aliphatic heterocycles. The number of benzene rings is 3. The molecule has 1 fully saturated rings. The lowest BCUT2D eigenvalue weighted by atomic mass is 9.86. The van der Waals surface area contributed by atoms with E-state index in [1.165, 1.54) is 0 Å². The largest absolute Gasteiger partial charge is 0.834 e. The van der Waals surface area contributed by atoms with Crippen molar-refractivity contribution in [2.75, 3.05) is 33.4 Å². The lowest BCUT2D eigenvalue weighted by Crippen LogP contribution is -2.54. The number of carbonyl (C=O) groups excluding carboxylic acids is 1. The molecule has 3 aromatic carbocycles. The van der Waals surface area contributed by atoms with Crippen LogP contribution in [0.25, 0.3) is 0 Å². The first-order chi connectivity index (χ1) is 16.5. The number of hydrogen-bond donors (Lipinski definition) is 0. The summed E-state index contributed by atoms with van der Waals surface area (Å²) >= 11 is 0. The highest BCUT2D eigenvalue weighted by atomic mass is 16.6. The van der Waals surface area contributed by atoms with E-state index in [1.54, 1.807) is 48.5 Å². The maximum Gasteiger partial charge on any atom is 0.304 e. The Morgan fingerprint density at radius 3 is 2.09 bits per heavy atom. The van der Waals surface area contributed by atoms with Gasteiger partial charge in [0, 0.05) is 18.4 Å². The second-order valence-electron chi connectivity index (χ2n) is 9.27. The van der Waals surface area contributed by atoms with Crippen LogP contribution in [-0.4, -0.2) is 49.8 Å². The van der Waals surface area contributed by atoms with E-state index in [0.29, 0.717) is 24.3 Å². The topological polar surface area (TPSA) is 58.6 Å². The van der Waals surface area contributed by atoms with E-state index in [0.717, 1.165) is 36.0 Å². The van der Waals surface area contributed by atoms with Crippen LogP contribution in [0.3, 0.4) is 0 Å². The zero-order chi connectivity index (χ0) is 23.9. The zero-order valence-electron chi connectivity index (χ0n) is 19.8. The SMILES string of the molecule is C[N+]1(CCOCc2ccccc2)CCC[C@H]1COC(=O)C([O-])(c1ccccc1)c1ccccc1. The van der Waals surface area contributed by atoms with Gasteiger partial charge in [-0.1, -0.05) is 91.0 Å². The summed E-state index contributed by atoms with van der Waals surface area (Å²) in [5.74, 6) is -0.747. The molecule has 0 aliphatic carbocycles. The van der Waals surface area contributed by atoms with Gasteiger partial charge in [0.05, 0.1) is 26.8 Å². The molecule has 0 bridgehead atoms. The molecule has 34 heavy (non-hydrogen) atoms. The predicted molar refractivity (Wildman–Crippen MR) is 130 cm³/mol. The van der Waals surface area contributed by atoms with Gasteiger partial charge < -0.3 is 19.1 Å². The Morgan fingerprint density at radius 1 is 0.941 bits per heavy atom. The summed E-state index contributed by atoms with van der Waals surface area (Å²) in [5.41, 5.74) is -0.150. The molecule has 0 aromatic heterocycles. The van der Waals surface area contributed by atoms with Crippen LogP contribution in [0, 0.1) is 0 Å². The summed E-state index contributed by atoms with van der Waals surface area (Å²) in [4.78, 5) is 13.3. The summed E-state index contributed by atoms with van der Waals surface area (Å²) in [6.45, 7) is 3.31. The molecule has 2 atom stereocenters. The Bertz CT molecular complexity index is 1000. The van der Waals surface area contributed by atoms with Crippen molar-refractivity contribution >= 4 is 5.97 Å². The number of nitrogens with zero attached hydrogens (tertiary/aromatic N) is 1. The lowest BCUT2D eigenvalue weighted by Gasteiger charge is -2.40. The molecule has 0 radical (unpaired) electrons. The fourth-order valence-electron chi connectivity index (χ4n) is 4.80. The molecular weight excluding hydrogens is 426 g/mol. The number of carbonyl (C=O) groups is 1. The van der Waals surface area contributed by atoms with Gasteiger partial charge >= 0.3 is 5.97 Å². The summed E-state index contributed by atoms with van der Waals surface area (Å²) in [5, 5.41) is 14.0. The highest BCUT2D eigenvalue weighted by Crippen LogP contribution is 2.30. The van der Waals surface area contributed by atoms with Gasteiger partial charge in [-0.15, -0.1) is 0 Å². The number of quaternary nitrogens is 1. The van der Waals surface area contributed by atoms with Gasteiger partial charge in [0.2, 0.25) is 0 Å². The first-order valence-electron chi connectivity index (χ1n) is 12.0. The van der Waals surface area contributed by atoms with E-state index >= 15 is 0 Å². The summed E-state index contributed by atoms with van der Waals surface area (Å²) in [7, 11) is 2.19. The number of esters is 1. The smallest absolute Gasteiger partial charge is 0.304 e. The maximum atomic E-state index is 14.0. The van der Waals surface area contributed by atoms with E-state index < -0.39 is 11.6 Å². The van der Waals surface area contributed by atoms with E-state index in [4.69, 9.17) is 9.47 Å². The van der Waals surface area contributed by atoms with Crippen molar-refractivity contribution in [2.24, 2.45) is 0 Å². The van der Waals surface area contributed by atoms with Gasteiger partial charge in [-0.3, -0.25) is 4.79 Å². The summed E-state index contributed by atoms with van der Waals surface area (Å²) < 4.78 is 12.5. The number of ether oxygens (including phenoxy) is 2. The highest BCUT2D eigenvalue weighted by molar-refractivity contribution is 5.85. The zero-order valence-corrected chi connectivity index (χ0v) is 19.8. The van der Waals surface area contributed by atoms with E-state index in [2.05, 4.69) is 19.2 Å². The average Bonchev–Trinajstić information content (AvgIpc) is 3.26. The molecule has 0 spiro atoms. The maximum absolute atomic E-state index is 14.0. The van der Waals surface area contributed by atoms with Gasteiger partial charge in [0.15, 0.2) is 0 Å². The highest BCUT2D eigenvalue weighted by Gasteiger charge is 2.40. The number of rotatable bonds is 10. The molecular formula is C29H33NO4. The van der Waals surface area contributed by atoms with Gasteiger partial charge in [-0.2, -0.15) is 0 Å². The van der Waals surface area contributed by atoms with Crippen molar-refractivity contribution in [3.05, 3.63) is 108 Å². The Hall–Kier alpha value is -2.99. The van der Waals surface area contributed by atoms with Crippen LogP contribution in [-0.2, 0) is 26.5 Å². The summed E-state index contributed by atoms with van der Waals surface area (Å²) in [6.07, 6.45) is 2.03. The van der Waals surface area contributed by atoms with Crippen LogP contribution >= 0.6 is 0 Å². The minimum absolute atomic E-state index is 0.153. The first kappa shape index (κ1) is 24.1. The molecule has 3 aromatic rings. The fraction of sp³-hybridized carbons (Fsp3) is 0.345. The molecule has 4 rings (SSSR count). The van der Waals surface area contributed by atoms with Gasteiger partial charge in [0.1, 0.15) is 19.2 Å². The first-order valence-corrected chi connectivity index (χ1v) is 12.0. The summed E-state index contributed by atoms with van der Waals surface area (Å²) in [6, 6.07) is 27.8. The Kier molecular flexibility index (Phi) is 7.78. The van der Waals surface area contributed by atoms with Crippen molar-refractivity contribution in [1.82, 2.24) is 0 Å². The van der Waals surface area contributed by atoms with Crippen molar-refractivity contribution < 1.29 is 23.9 Å². The van der Waals surface area contributed by atoms with Gasteiger partial charge in [-0.25, -0.2) is 0 Å². The van der Waals surface area contributed by atoms with E-state index in [9.17, 15) is 9.90 Å². The number of hydrogen-bond acceptors (Lipinski definition) is 4. The van der Waals surface area contributed by atoms with Crippen molar-refractivity contribution in [3.8, 4) is 0 Å².